The average Bonchev–Trinajstić information content (AvgIpc) is 2.67. The van der Waals surface area contributed by atoms with Gasteiger partial charge in [-0.1, -0.05) is 32.0 Å². The number of carbonyl (C=O) groups excluding carboxylic acids is 2. The highest BCUT2D eigenvalue weighted by atomic mass is 32.2. The smallest absolute Gasteiger partial charge is 0.234 e. The minimum Gasteiger partial charge on any atom is -0.326 e. The summed E-state index contributed by atoms with van der Waals surface area (Å²) in [4.78, 5) is 25.0. The molecule has 0 spiro atoms. The molecule has 2 amide bonds. The fraction of sp³-hybridized carbons (Fsp3) is 0.300. The zero-order chi connectivity index (χ0) is 20.3. The van der Waals surface area contributed by atoms with Crippen LogP contribution >= 0.6 is 11.8 Å². The molecule has 6 nitrogen and oxygen atoms in total. The van der Waals surface area contributed by atoms with Crippen LogP contribution in [0.1, 0.15) is 19.4 Å². The molecule has 0 saturated carbocycles. The Morgan fingerprint density at radius 2 is 2.00 bits per heavy atom. The second-order valence-corrected chi connectivity index (χ2v) is 9.73. The molecule has 3 rings (SSSR count). The van der Waals surface area contributed by atoms with Crippen molar-refractivity contribution >= 4 is 44.8 Å². The van der Waals surface area contributed by atoms with Gasteiger partial charge in [-0.3, -0.25) is 9.59 Å². The summed E-state index contributed by atoms with van der Waals surface area (Å²) in [6.07, 6.45) is 0.766. The predicted octanol–water partition coefficient (Wildman–Crippen LogP) is 3.34. The van der Waals surface area contributed by atoms with E-state index in [1.807, 2.05) is 31.2 Å². The molecule has 1 aliphatic rings. The second-order valence-electron chi connectivity index (χ2n) is 6.68. The van der Waals surface area contributed by atoms with E-state index in [4.69, 9.17) is 0 Å². The van der Waals surface area contributed by atoms with Crippen molar-refractivity contribution in [2.75, 3.05) is 22.1 Å². The molecule has 1 atom stereocenters. The van der Waals surface area contributed by atoms with E-state index in [1.54, 1.807) is 13.0 Å². The van der Waals surface area contributed by atoms with Crippen molar-refractivity contribution in [3.63, 3.8) is 0 Å². The number of nitrogens with one attached hydrogen (secondary N) is 2. The van der Waals surface area contributed by atoms with E-state index in [2.05, 4.69) is 10.6 Å². The molecular weight excluding hydrogens is 396 g/mol. The minimum atomic E-state index is -3.68. The van der Waals surface area contributed by atoms with E-state index in [1.165, 1.54) is 23.9 Å². The summed E-state index contributed by atoms with van der Waals surface area (Å²) >= 11 is 1.37. The van der Waals surface area contributed by atoms with Crippen LogP contribution in [0.2, 0.25) is 0 Å². The maximum Gasteiger partial charge on any atom is 0.234 e. The van der Waals surface area contributed by atoms with Gasteiger partial charge < -0.3 is 10.6 Å². The lowest BCUT2D eigenvalue weighted by Crippen LogP contribution is -2.27. The van der Waals surface area contributed by atoms with Gasteiger partial charge in [0.25, 0.3) is 0 Å². The van der Waals surface area contributed by atoms with Crippen LogP contribution in [0.15, 0.2) is 52.3 Å². The summed E-state index contributed by atoms with van der Waals surface area (Å²) in [5, 5.41) is 5.52. The molecule has 1 aliphatic heterocycles. The molecule has 2 aromatic rings. The van der Waals surface area contributed by atoms with E-state index < -0.39 is 15.8 Å². The zero-order valence-electron chi connectivity index (χ0n) is 15.7. The number of benzene rings is 2. The Morgan fingerprint density at radius 1 is 1.25 bits per heavy atom. The Hall–Kier alpha value is -2.32. The molecule has 2 aromatic carbocycles. The van der Waals surface area contributed by atoms with Crippen LogP contribution in [0.25, 0.3) is 0 Å². The van der Waals surface area contributed by atoms with Crippen molar-refractivity contribution in [3.8, 4) is 0 Å². The number of hydrogen-bond donors (Lipinski definition) is 2. The number of anilines is 2. The maximum absolute atomic E-state index is 12.8. The number of carbonyl (C=O) groups is 2. The fourth-order valence-electron chi connectivity index (χ4n) is 2.96. The predicted molar refractivity (Wildman–Crippen MR) is 111 cm³/mol. The van der Waals surface area contributed by atoms with E-state index in [0.717, 1.165) is 16.9 Å². The summed E-state index contributed by atoms with van der Waals surface area (Å²) in [6.45, 7) is 3.59. The molecule has 0 saturated heterocycles. The van der Waals surface area contributed by atoms with Crippen molar-refractivity contribution in [1.29, 1.82) is 0 Å². The van der Waals surface area contributed by atoms with E-state index in [0.29, 0.717) is 17.1 Å². The fourth-order valence-corrected chi connectivity index (χ4v) is 5.33. The Morgan fingerprint density at radius 3 is 2.75 bits per heavy atom. The third-order valence-electron chi connectivity index (χ3n) is 4.52. The van der Waals surface area contributed by atoms with Crippen molar-refractivity contribution in [2.24, 2.45) is 5.92 Å². The van der Waals surface area contributed by atoms with Crippen LogP contribution in [0, 0.1) is 5.92 Å². The van der Waals surface area contributed by atoms with Crippen LogP contribution in [0.5, 0.6) is 0 Å². The lowest BCUT2D eigenvalue weighted by Gasteiger charge is -2.18. The quantitative estimate of drug-likeness (QED) is 0.751. The third kappa shape index (κ3) is 4.56. The first kappa shape index (κ1) is 20.4. The molecule has 148 valence electrons. The highest BCUT2D eigenvalue weighted by Crippen LogP contribution is 2.33. The Bertz CT molecular complexity index is 1020. The molecule has 28 heavy (non-hydrogen) atoms. The first-order valence-corrected chi connectivity index (χ1v) is 11.6. The van der Waals surface area contributed by atoms with Crippen LogP contribution in [-0.4, -0.2) is 31.7 Å². The molecule has 2 N–H and O–H groups in total. The first-order chi connectivity index (χ1) is 13.3. The van der Waals surface area contributed by atoms with Crippen molar-refractivity contribution in [2.45, 2.75) is 30.1 Å². The zero-order valence-corrected chi connectivity index (χ0v) is 17.3. The largest absolute Gasteiger partial charge is 0.326 e. The summed E-state index contributed by atoms with van der Waals surface area (Å²) in [6, 6.07) is 12.1. The van der Waals surface area contributed by atoms with Gasteiger partial charge in [-0.05, 0) is 36.2 Å². The molecule has 0 unspecified atom stereocenters. The van der Waals surface area contributed by atoms with Gasteiger partial charge in [0.15, 0.2) is 9.84 Å². The number of aryl methyl sites for hydroxylation is 1. The second kappa shape index (κ2) is 8.36. The highest BCUT2D eigenvalue weighted by molar-refractivity contribution is 8.00. The Balaban J connectivity index is 1.74. The van der Waals surface area contributed by atoms with Crippen LogP contribution in [0.3, 0.4) is 0 Å². The average molecular weight is 419 g/mol. The van der Waals surface area contributed by atoms with E-state index in [-0.39, 0.29) is 22.5 Å². The minimum absolute atomic E-state index is 0.0997. The van der Waals surface area contributed by atoms with Crippen molar-refractivity contribution < 1.29 is 18.0 Å². The number of sulfone groups is 1. The number of amides is 2. The summed E-state index contributed by atoms with van der Waals surface area (Å²) in [5.74, 6) is -1.22. The van der Waals surface area contributed by atoms with Gasteiger partial charge >= 0.3 is 0 Å². The molecule has 1 heterocycles. The summed E-state index contributed by atoms with van der Waals surface area (Å²) in [5.41, 5.74) is 2.19. The van der Waals surface area contributed by atoms with Gasteiger partial charge in [-0.15, -0.1) is 11.8 Å². The normalized spacial score (nSPS) is 14.7. The van der Waals surface area contributed by atoms with Gasteiger partial charge in [-0.2, -0.15) is 0 Å². The highest BCUT2D eigenvalue weighted by Gasteiger charge is 2.25. The molecule has 0 aromatic heterocycles. The molecule has 0 radical (unpaired) electrons. The Labute approximate surface area is 169 Å². The number of para-hydroxylation sites is 1. The topological polar surface area (TPSA) is 92.3 Å². The van der Waals surface area contributed by atoms with Crippen LogP contribution in [-0.2, 0) is 25.8 Å². The van der Waals surface area contributed by atoms with Crippen molar-refractivity contribution in [3.05, 3.63) is 48.0 Å². The van der Waals surface area contributed by atoms with Gasteiger partial charge in [0, 0.05) is 16.5 Å². The van der Waals surface area contributed by atoms with Gasteiger partial charge in [-0.25, -0.2) is 8.42 Å². The molecular formula is C20H22N2O4S2. The molecule has 0 bridgehead atoms. The van der Waals surface area contributed by atoms with E-state index in [9.17, 15) is 18.0 Å². The van der Waals surface area contributed by atoms with Crippen LogP contribution < -0.4 is 10.6 Å². The number of thioether (sulfide) groups is 1. The van der Waals surface area contributed by atoms with Gasteiger partial charge in [0.05, 0.1) is 22.1 Å². The third-order valence-corrected chi connectivity index (χ3v) is 7.50. The number of rotatable bonds is 6. The SMILES string of the molecule is CCc1ccccc1NC(=O)[C@H](C)CS(=O)(=O)c1ccc2c(c1)NC(=O)CS2. The lowest BCUT2D eigenvalue weighted by atomic mass is 10.1. The molecule has 0 fully saturated rings. The van der Waals surface area contributed by atoms with Gasteiger partial charge in [0.2, 0.25) is 11.8 Å². The summed E-state index contributed by atoms with van der Waals surface area (Å²) in [7, 11) is -3.68. The van der Waals surface area contributed by atoms with Crippen molar-refractivity contribution in [1.82, 2.24) is 0 Å². The molecule has 8 heteroatoms. The standard InChI is InChI=1S/C20H22N2O4S2/c1-3-14-6-4-5-7-16(14)22-20(24)13(2)12-28(25,26)15-8-9-18-17(10-15)21-19(23)11-27-18/h4-10,13H,3,11-12H2,1-2H3,(H,21,23)(H,22,24)/t13-/m1/s1. The first-order valence-electron chi connectivity index (χ1n) is 8.98. The monoisotopic (exact) mass is 418 g/mol. The molecule has 0 aliphatic carbocycles. The van der Waals surface area contributed by atoms with Crippen LogP contribution in [0.4, 0.5) is 11.4 Å². The van der Waals surface area contributed by atoms with Gasteiger partial charge in [0.1, 0.15) is 0 Å². The number of hydrogen-bond acceptors (Lipinski definition) is 5. The number of fused-ring (bicyclic) bond motifs is 1. The Kier molecular flexibility index (Phi) is 6.10. The maximum atomic E-state index is 12.8. The lowest BCUT2D eigenvalue weighted by molar-refractivity contribution is -0.118. The van der Waals surface area contributed by atoms with E-state index >= 15 is 0 Å². The summed E-state index contributed by atoms with van der Waals surface area (Å²) < 4.78 is 25.6.